The first-order valence-corrected chi connectivity index (χ1v) is 9.88. The summed E-state index contributed by atoms with van der Waals surface area (Å²) in [5, 5.41) is 7.30. The summed E-state index contributed by atoms with van der Waals surface area (Å²) in [5.74, 6) is -1.39. The summed E-state index contributed by atoms with van der Waals surface area (Å²) < 4.78 is 5.00. The van der Waals surface area contributed by atoms with Crippen LogP contribution in [0.25, 0.3) is 0 Å². The number of esters is 1. The quantitative estimate of drug-likeness (QED) is 0.578. The number of carbonyl (C=O) groups excluding carboxylic acids is 3. The standard InChI is InChI=1S/C22H20N2O4S/c1-15(16-8-3-2-4-9-16)23-21(26)17-10-5-6-11-18(17)24-20(25)14-28-22(27)19-12-7-13-29-19/h2-13,15H,14H2,1H3,(H,23,26)(H,24,25)/t15-/m0/s1. The molecule has 0 aliphatic carbocycles. The minimum atomic E-state index is -0.558. The maximum absolute atomic E-state index is 12.7. The van der Waals surface area contributed by atoms with Crippen molar-refractivity contribution in [2.75, 3.05) is 11.9 Å². The van der Waals surface area contributed by atoms with Crippen LogP contribution < -0.4 is 10.6 Å². The molecule has 0 fully saturated rings. The number of para-hydroxylation sites is 1. The molecule has 7 heteroatoms. The van der Waals surface area contributed by atoms with Crippen molar-refractivity contribution in [3.8, 4) is 0 Å². The summed E-state index contributed by atoms with van der Waals surface area (Å²) in [7, 11) is 0. The van der Waals surface area contributed by atoms with E-state index >= 15 is 0 Å². The van der Waals surface area contributed by atoms with Crippen LogP contribution >= 0.6 is 11.3 Å². The van der Waals surface area contributed by atoms with E-state index in [1.165, 1.54) is 11.3 Å². The highest BCUT2D eigenvalue weighted by Crippen LogP contribution is 2.18. The summed E-state index contributed by atoms with van der Waals surface area (Å²) in [6.45, 7) is 1.45. The molecule has 0 unspecified atom stereocenters. The van der Waals surface area contributed by atoms with Gasteiger partial charge < -0.3 is 15.4 Å². The first-order chi connectivity index (χ1) is 14.0. The summed E-state index contributed by atoms with van der Waals surface area (Å²) >= 11 is 1.24. The Labute approximate surface area is 172 Å². The normalized spacial score (nSPS) is 11.3. The molecule has 0 saturated heterocycles. The topological polar surface area (TPSA) is 84.5 Å². The molecule has 148 valence electrons. The molecule has 0 spiro atoms. The smallest absolute Gasteiger partial charge is 0.348 e. The van der Waals surface area contributed by atoms with Gasteiger partial charge in [-0.25, -0.2) is 4.79 Å². The summed E-state index contributed by atoms with van der Waals surface area (Å²) in [4.78, 5) is 37.2. The van der Waals surface area contributed by atoms with Crippen LogP contribution in [-0.4, -0.2) is 24.4 Å². The van der Waals surface area contributed by atoms with E-state index in [1.54, 1.807) is 41.8 Å². The lowest BCUT2D eigenvalue weighted by Gasteiger charge is -2.16. The maximum atomic E-state index is 12.7. The predicted molar refractivity (Wildman–Crippen MR) is 112 cm³/mol. The molecule has 0 radical (unpaired) electrons. The second-order valence-corrected chi connectivity index (χ2v) is 7.20. The van der Waals surface area contributed by atoms with Gasteiger partial charge in [0.25, 0.3) is 11.8 Å². The molecular weight excluding hydrogens is 388 g/mol. The summed E-state index contributed by atoms with van der Waals surface area (Å²) in [6.07, 6.45) is 0. The molecule has 2 amide bonds. The Morgan fingerprint density at radius 2 is 1.69 bits per heavy atom. The van der Waals surface area contributed by atoms with Crippen LogP contribution in [0.3, 0.4) is 0 Å². The van der Waals surface area contributed by atoms with Crippen molar-refractivity contribution in [2.24, 2.45) is 0 Å². The van der Waals surface area contributed by atoms with Crippen LogP contribution in [-0.2, 0) is 9.53 Å². The van der Waals surface area contributed by atoms with Gasteiger partial charge in [-0.05, 0) is 36.1 Å². The highest BCUT2D eigenvalue weighted by molar-refractivity contribution is 7.11. The Morgan fingerprint density at radius 3 is 2.41 bits per heavy atom. The minimum Gasteiger partial charge on any atom is -0.451 e. The van der Waals surface area contributed by atoms with E-state index in [2.05, 4.69) is 10.6 Å². The van der Waals surface area contributed by atoms with E-state index in [0.717, 1.165) is 5.56 Å². The number of nitrogens with one attached hydrogen (secondary N) is 2. The van der Waals surface area contributed by atoms with Crippen molar-refractivity contribution in [3.63, 3.8) is 0 Å². The van der Waals surface area contributed by atoms with Gasteiger partial charge >= 0.3 is 5.97 Å². The molecule has 6 nitrogen and oxygen atoms in total. The lowest BCUT2D eigenvalue weighted by atomic mass is 10.1. The Bertz CT molecular complexity index is 987. The van der Waals surface area contributed by atoms with Crippen LogP contribution in [0.2, 0.25) is 0 Å². The van der Waals surface area contributed by atoms with Gasteiger partial charge in [-0.2, -0.15) is 0 Å². The predicted octanol–water partition coefficient (Wildman–Crippen LogP) is 4.03. The highest BCUT2D eigenvalue weighted by atomic mass is 32.1. The van der Waals surface area contributed by atoms with Gasteiger partial charge in [0.15, 0.2) is 6.61 Å². The molecule has 0 bridgehead atoms. The highest BCUT2D eigenvalue weighted by Gasteiger charge is 2.17. The van der Waals surface area contributed by atoms with Gasteiger partial charge in [0.2, 0.25) is 0 Å². The van der Waals surface area contributed by atoms with E-state index in [1.807, 2.05) is 37.3 Å². The van der Waals surface area contributed by atoms with Gasteiger partial charge in [-0.1, -0.05) is 48.5 Å². The molecule has 1 heterocycles. The number of ether oxygens (including phenoxy) is 1. The zero-order chi connectivity index (χ0) is 20.6. The molecule has 3 aromatic rings. The molecule has 1 atom stereocenters. The fourth-order valence-corrected chi connectivity index (χ4v) is 3.29. The van der Waals surface area contributed by atoms with Crippen molar-refractivity contribution in [3.05, 3.63) is 88.1 Å². The zero-order valence-corrected chi connectivity index (χ0v) is 16.6. The van der Waals surface area contributed by atoms with Crippen molar-refractivity contribution in [1.82, 2.24) is 5.32 Å². The molecule has 0 saturated carbocycles. The van der Waals surface area contributed by atoms with Gasteiger partial charge in [0, 0.05) is 0 Å². The van der Waals surface area contributed by atoms with E-state index in [0.29, 0.717) is 16.1 Å². The van der Waals surface area contributed by atoms with E-state index in [-0.39, 0.29) is 11.9 Å². The Morgan fingerprint density at radius 1 is 0.966 bits per heavy atom. The first kappa shape index (κ1) is 20.3. The number of hydrogen-bond donors (Lipinski definition) is 2. The van der Waals surface area contributed by atoms with Crippen LogP contribution in [0.4, 0.5) is 5.69 Å². The van der Waals surface area contributed by atoms with Crippen LogP contribution in [0.1, 0.15) is 38.6 Å². The van der Waals surface area contributed by atoms with Gasteiger partial charge in [0.05, 0.1) is 17.3 Å². The minimum absolute atomic E-state index is 0.195. The zero-order valence-electron chi connectivity index (χ0n) is 15.8. The maximum Gasteiger partial charge on any atom is 0.348 e. The SMILES string of the molecule is C[C@H](NC(=O)c1ccccc1NC(=O)COC(=O)c1cccs1)c1ccccc1. The largest absolute Gasteiger partial charge is 0.451 e. The monoisotopic (exact) mass is 408 g/mol. The number of carbonyl (C=O) groups is 3. The van der Waals surface area contributed by atoms with Crippen molar-refractivity contribution in [1.29, 1.82) is 0 Å². The molecule has 0 aliphatic rings. The third-order valence-electron chi connectivity index (χ3n) is 4.15. The van der Waals surface area contributed by atoms with Crippen LogP contribution in [0.15, 0.2) is 72.1 Å². The fourth-order valence-electron chi connectivity index (χ4n) is 2.67. The molecular formula is C22H20N2O4S. The number of hydrogen-bond acceptors (Lipinski definition) is 5. The number of anilines is 1. The molecule has 29 heavy (non-hydrogen) atoms. The number of rotatable bonds is 7. The van der Waals surface area contributed by atoms with Crippen molar-refractivity contribution < 1.29 is 19.1 Å². The molecule has 0 aliphatic heterocycles. The van der Waals surface area contributed by atoms with E-state index in [4.69, 9.17) is 4.74 Å². The lowest BCUT2D eigenvalue weighted by molar-refractivity contribution is -0.119. The second kappa shape index (κ2) is 9.66. The number of amides is 2. The third-order valence-corrected chi connectivity index (χ3v) is 5.00. The Balaban J connectivity index is 1.61. The van der Waals surface area contributed by atoms with Gasteiger partial charge in [0.1, 0.15) is 4.88 Å². The fraction of sp³-hybridized carbons (Fsp3) is 0.136. The average Bonchev–Trinajstić information content (AvgIpc) is 3.28. The molecule has 2 aromatic carbocycles. The van der Waals surface area contributed by atoms with Crippen LogP contribution in [0.5, 0.6) is 0 Å². The summed E-state index contributed by atoms with van der Waals surface area (Å²) in [5.41, 5.74) is 1.65. The van der Waals surface area contributed by atoms with E-state index in [9.17, 15) is 14.4 Å². The van der Waals surface area contributed by atoms with Gasteiger partial charge in [-0.3, -0.25) is 9.59 Å². The molecule has 3 rings (SSSR count). The van der Waals surface area contributed by atoms with Crippen LogP contribution in [0, 0.1) is 0 Å². The summed E-state index contributed by atoms with van der Waals surface area (Å²) in [6, 6.07) is 19.4. The Kier molecular flexibility index (Phi) is 6.76. The second-order valence-electron chi connectivity index (χ2n) is 6.25. The van der Waals surface area contributed by atoms with Crippen molar-refractivity contribution in [2.45, 2.75) is 13.0 Å². The number of thiophene rings is 1. The Hall–Kier alpha value is -3.45. The first-order valence-electron chi connectivity index (χ1n) is 9.00. The average molecular weight is 408 g/mol. The van der Waals surface area contributed by atoms with Crippen molar-refractivity contribution >= 4 is 34.8 Å². The third kappa shape index (κ3) is 5.52. The lowest BCUT2D eigenvalue weighted by Crippen LogP contribution is -2.28. The van der Waals surface area contributed by atoms with Gasteiger partial charge in [-0.15, -0.1) is 11.3 Å². The molecule has 2 N–H and O–H groups in total. The number of benzene rings is 2. The van der Waals surface area contributed by atoms with E-state index < -0.39 is 18.5 Å². The molecule has 1 aromatic heterocycles.